The largest absolute Gasteiger partial charge is 0.419 e. The Morgan fingerprint density at radius 3 is 2.50 bits per heavy atom. The minimum atomic E-state index is -4.41. The topological polar surface area (TPSA) is 39.9 Å². The lowest BCUT2D eigenvalue weighted by Gasteiger charge is -2.42. The van der Waals surface area contributed by atoms with Gasteiger partial charge < -0.3 is 4.90 Å². The van der Waals surface area contributed by atoms with Crippen molar-refractivity contribution < 1.29 is 13.2 Å². The maximum Gasteiger partial charge on any atom is 0.419 e. The van der Waals surface area contributed by atoms with E-state index in [9.17, 15) is 18.4 Å². The number of anilines is 1. The molecule has 0 bridgehead atoms. The number of alkyl halides is 3. The molecule has 0 amide bonds. The summed E-state index contributed by atoms with van der Waals surface area (Å²) < 4.78 is 40.1. The number of rotatable bonds is 6. The number of pyridine rings is 1. The first kappa shape index (κ1) is 20.7. The summed E-state index contributed by atoms with van der Waals surface area (Å²) in [5, 5.41) is 9.40. The van der Waals surface area contributed by atoms with Crippen molar-refractivity contribution in [2.45, 2.75) is 50.6 Å². The molecule has 4 rings (SSSR count). The maximum absolute atomic E-state index is 13.4. The average Bonchev–Trinajstić information content (AvgIpc) is 3.53. The van der Waals surface area contributed by atoms with E-state index in [1.54, 1.807) is 4.90 Å². The second kappa shape index (κ2) is 8.29. The van der Waals surface area contributed by atoms with Crippen LogP contribution in [0.25, 0.3) is 0 Å². The predicted molar refractivity (Wildman–Crippen MR) is 110 cm³/mol. The van der Waals surface area contributed by atoms with E-state index >= 15 is 0 Å². The Bertz CT molecular complexity index is 896. The van der Waals surface area contributed by atoms with Gasteiger partial charge in [-0.1, -0.05) is 30.3 Å². The van der Waals surface area contributed by atoms with Crippen molar-refractivity contribution in [1.82, 2.24) is 4.98 Å². The van der Waals surface area contributed by atoms with Gasteiger partial charge in [0.1, 0.15) is 5.82 Å². The zero-order valence-electron chi connectivity index (χ0n) is 16.9. The fourth-order valence-corrected chi connectivity index (χ4v) is 4.91. The van der Waals surface area contributed by atoms with Crippen LogP contribution in [0.5, 0.6) is 0 Å². The number of nitrogens with zero attached hydrogens (tertiary/aromatic N) is 3. The molecule has 2 aromatic rings. The monoisotopic (exact) mass is 413 g/mol. The molecular formula is C24H26F3N3. The molecule has 1 aliphatic heterocycles. The summed E-state index contributed by atoms with van der Waals surface area (Å²) in [6.07, 6.45) is 2.19. The second-order valence-electron chi connectivity index (χ2n) is 8.75. The molecule has 1 aliphatic carbocycles. The zero-order valence-corrected chi connectivity index (χ0v) is 16.9. The summed E-state index contributed by atoms with van der Waals surface area (Å²) in [6.45, 7) is 1.02. The van der Waals surface area contributed by atoms with Crippen molar-refractivity contribution in [2.75, 3.05) is 18.0 Å². The van der Waals surface area contributed by atoms with E-state index in [-0.39, 0.29) is 11.2 Å². The molecule has 2 fully saturated rings. The molecule has 3 nitrogen and oxygen atoms in total. The van der Waals surface area contributed by atoms with Gasteiger partial charge in [0, 0.05) is 25.7 Å². The van der Waals surface area contributed by atoms with Crippen molar-refractivity contribution >= 4 is 5.82 Å². The number of benzene rings is 1. The standard InChI is InChI=1S/C24H26F3N3/c25-24(26,27)21-7-4-14-29-22(21)30-15-11-23(10-13-28,12-16-30)9-8-19-17-20(19)18-5-2-1-3-6-18/h1-7,14,19-20H,8-12,15-17H2. The molecule has 0 N–H and O–H groups in total. The highest BCUT2D eigenvalue weighted by molar-refractivity contribution is 5.48. The third kappa shape index (κ3) is 4.45. The van der Waals surface area contributed by atoms with Crippen LogP contribution in [0.2, 0.25) is 0 Å². The molecule has 0 spiro atoms. The Kier molecular flexibility index (Phi) is 5.73. The summed E-state index contributed by atoms with van der Waals surface area (Å²) in [6, 6.07) is 15.3. The minimum absolute atomic E-state index is 0.0156. The summed E-state index contributed by atoms with van der Waals surface area (Å²) in [5.41, 5.74) is 0.616. The Hall–Kier alpha value is -2.55. The predicted octanol–water partition coefficient (Wildman–Crippen LogP) is 6.18. The highest BCUT2D eigenvalue weighted by Gasteiger charge is 2.42. The summed E-state index contributed by atoms with van der Waals surface area (Å²) in [7, 11) is 0. The third-order valence-corrected chi connectivity index (χ3v) is 6.87. The van der Waals surface area contributed by atoms with Gasteiger partial charge in [0.25, 0.3) is 0 Å². The van der Waals surface area contributed by atoms with E-state index in [0.717, 1.165) is 31.7 Å². The van der Waals surface area contributed by atoms with Crippen LogP contribution >= 0.6 is 0 Å². The van der Waals surface area contributed by atoms with Crippen LogP contribution in [-0.2, 0) is 6.18 Å². The van der Waals surface area contributed by atoms with E-state index in [2.05, 4.69) is 35.3 Å². The van der Waals surface area contributed by atoms with Gasteiger partial charge in [-0.05, 0) is 67.1 Å². The van der Waals surface area contributed by atoms with Gasteiger partial charge in [-0.15, -0.1) is 0 Å². The molecule has 0 radical (unpaired) electrons. The Balaban J connectivity index is 1.38. The fraction of sp³-hybridized carbons (Fsp3) is 0.500. The third-order valence-electron chi connectivity index (χ3n) is 6.87. The van der Waals surface area contributed by atoms with E-state index in [0.29, 0.717) is 31.3 Å². The first-order valence-electron chi connectivity index (χ1n) is 10.6. The average molecular weight is 413 g/mol. The van der Waals surface area contributed by atoms with E-state index in [1.807, 2.05) is 6.07 Å². The first-order valence-corrected chi connectivity index (χ1v) is 10.6. The number of nitriles is 1. The normalized spacial score (nSPS) is 23.1. The molecule has 6 heteroatoms. The molecule has 1 saturated heterocycles. The highest BCUT2D eigenvalue weighted by atomic mass is 19.4. The highest BCUT2D eigenvalue weighted by Crippen LogP contribution is 2.53. The first-order chi connectivity index (χ1) is 14.4. The molecule has 2 aliphatic rings. The number of hydrogen-bond donors (Lipinski definition) is 0. The van der Waals surface area contributed by atoms with Gasteiger partial charge in [0.2, 0.25) is 0 Å². The lowest BCUT2D eigenvalue weighted by Crippen LogP contribution is -2.41. The summed E-state index contributed by atoms with van der Waals surface area (Å²) in [5.74, 6) is 1.30. The van der Waals surface area contributed by atoms with Crippen molar-refractivity contribution in [3.63, 3.8) is 0 Å². The van der Waals surface area contributed by atoms with E-state index < -0.39 is 11.7 Å². The molecule has 30 heavy (non-hydrogen) atoms. The van der Waals surface area contributed by atoms with Crippen molar-refractivity contribution in [1.29, 1.82) is 5.26 Å². The Labute approximate surface area is 175 Å². The molecule has 1 saturated carbocycles. The molecule has 1 aromatic carbocycles. The van der Waals surface area contributed by atoms with Gasteiger partial charge in [0.15, 0.2) is 0 Å². The van der Waals surface area contributed by atoms with E-state index in [4.69, 9.17) is 0 Å². The van der Waals surface area contributed by atoms with Crippen LogP contribution in [0.15, 0.2) is 48.7 Å². The summed E-state index contributed by atoms with van der Waals surface area (Å²) in [4.78, 5) is 5.77. The molecular weight excluding hydrogens is 387 g/mol. The van der Waals surface area contributed by atoms with Crippen molar-refractivity contribution in [2.24, 2.45) is 11.3 Å². The zero-order chi connectivity index (χ0) is 21.2. The smallest absolute Gasteiger partial charge is 0.356 e. The Morgan fingerprint density at radius 1 is 1.10 bits per heavy atom. The summed E-state index contributed by atoms with van der Waals surface area (Å²) >= 11 is 0. The number of piperidine rings is 1. The van der Waals surface area contributed by atoms with Gasteiger partial charge in [-0.25, -0.2) is 4.98 Å². The van der Waals surface area contributed by atoms with Crippen LogP contribution in [-0.4, -0.2) is 18.1 Å². The Morgan fingerprint density at radius 2 is 1.83 bits per heavy atom. The van der Waals surface area contributed by atoms with Crippen LogP contribution in [0.3, 0.4) is 0 Å². The molecule has 2 heterocycles. The van der Waals surface area contributed by atoms with Gasteiger partial charge in [0.05, 0.1) is 11.6 Å². The van der Waals surface area contributed by atoms with Crippen molar-refractivity contribution in [3.05, 3.63) is 59.8 Å². The molecule has 2 atom stereocenters. The van der Waals surface area contributed by atoms with Crippen LogP contribution in [0.1, 0.15) is 55.6 Å². The van der Waals surface area contributed by atoms with Crippen LogP contribution in [0.4, 0.5) is 19.0 Å². The maximum atomic E-state index is 13.4. The van der Waals surface area contributed by atoms with Crippen LogP contribution in [0, 0.1) is 22.7 Å². The van der Waals surface area contributed by atoms with Gasteiger partial charge >= 0.3 is 6.18 Å². The van der Waals surface area contributed by atoms with Gasteiger partial charge in [-0.3, -0.25) is 0 Å². The lowest BCUT2D eigenvalue weighted by molar-refractivity contribution is -0.137. The molecule has 2 unspecified atom stereocenters. The molecule has 158 valence electrons. The van der Waals surface area contributed by atoms with E-state index in [1.165, 1.54) is 24.2 Å². The second-order valence-corrected chi connectivity index (χ2v) is 8.75. The quantitative estimate of drug-likeness (QED) is 0.567. The number of halogens is 3. The fourth-order valence-electron chi connectivity index (χ4n) is 4.91. The van der Waals surface area contributed by atoms with Gasteiger partial charge in [-0.2, -0.15) is 18.4 Å². The SMILES string of the molecule is N#CCC1(CCC2CC2c2ccccc2)CCN(c2ncccc2C(F)(F)F)CC1. The number of hydrogen-bond acceptors (Lipinski definition) is 3. The minimum Gasteiger partial charge on any atom is -0.356 e. The number of aromatic nitrogens is 1. The van der Waals surface area contributed by atoms with Crippen LogP contribution < -0.4 is 4.90 Å². The van der Waals surface area contributed by atoms with Crippen molar-refractivity contribution in [3.8, 4) is 6.07 Å². The molecule has 1 aromatic heterocycles. The lowest BCUT2D eigenvalue weighted by atomic mass is 9.72.